The van der Waals surface area contributed by atoms with E-state index in [4.69, 9.17) is 11.6 Å². The van der Waals surface area contributed by atoms with Gasteiger partial charge in [-0.05, 0) is 38.8 Å². The number of anilines is 1. The molecule has 0 saturated carbocycles. The summed E-state index contributed by atoms with van der Waals surface area (Å²) >= 11 is 6.12. The predicted octanol–water partition coefficient (Wildman–Crippen LogP) is 3.36. The fraction of sp³-hybridized carbons (Fsp3) is 0.500. The highest BCUT2D eigenvalue weighted by atomic mass is 35.5. The Morgan fingerprint density at radius 1 is 1.39 bits per heavy atom. The van der Waals surface area contributed by atoms with Crippen molar-refractivity contribution in [3.63, 3.8) is 0 Å². The fourth-order valence-corrected chi connectivity index (χ4v) is 1.84. The molecule has 0 radical (unpaired) electrons. The van der Waals surface area contributed by atoms with Crippen LogP contribution in [0.1, 0.15) is 32.8 Å². The predicted molar refractivity (Wildman–Crippen MR) is 77.2 cm³/mol. The molecule has 0 fully saturated rings. The number of benzene rings is 1. The summed E-state index contributed by atoms with van der Waals surface area (Å²) in [5.74, 6) is -0.0105. The van der Waals surface area contributed by atoms with E-state index in [-0.39, 0.29) is 18.0 Å². The third-order valence-electron chi connectivity index (χ3n) is 2.98. The van der Waals surface area contributed by atoms with Crippen LogP contribution in [0.2, 0.25) is 5.02 Å². The highest BCUT2D eigenvalue weighted by Crippen LogP contribution is 2.25. The summed E-state index contributed by atoms with van der Waals surface area (Å²) in [5, 5.41) is 6.74. The minimum atomic E-state index is -0.308. The zero-order valence-electron chi connectivity index (χ0n) is 11.4. The zero-order valence-corrected chi connectivity index (χ0v) is 12.1. The van der Waals surface area contributed by atoms with E-state index in [0.717, 1.165) is 17.7 Å². The van der Waals surface area contributed by atoms with E-state index in [1.807, 2.05) is 45.9 Å². The highest BCUT2D eigenvalue weighted by Gasteiger charge is 2.16. The lowest BCUT2D eigenvalue weighted by Crippen LogP contribution is -2.42. The summed E-state index contributed by atoms with van der Waals surface area (Å²) in [6.45, 7) is 7.83. The molecule has 1 aromatic carbocycles. The summed E-state index contributed by atoms with van der Waals surface area (Å²) in [4.78, 5) is 11.9. The van der Waals surface area contributed by atoms with Gasteiger partial charge in [0.2, 0.25) is 5.91 Å². The highest BCUT2D eigenvalue weighted by molar-refractivity contribution is 6.33. The van der Waals surface area contributed by atoms with Gasteiger partial charge in [-0.25, -0.2) is 0 Å². The van der Waals surface area contributed by atoms with E-state index in [1.165, 1.54) is 0 Å². The Labute approximate surface area is 114 Å². The maximum absolute atomic E-state index is 11.9. The van der Waals surface area contributed by atoms with Crippen LogP contribution in [-0.4, -0.2) is 18.0 Å². The molecule has 1 rings (SSSR count). The Bertz CT molecular complexity index is 400. The number of para-hydroxylation sites is 1. The molecular weight excluding hydrogens is 248 g/mol. The monoisotopic (exact) mass is 268 g/mol. The molecule has 18 heavy (non-hydrogen) atoms. The fourth-order valence-electron chi connectivity index (χ4n) is 1.57. The van der Waals surface area contributed by atoms with Gasteiger partial charge in [0.1, 0.15) is 6.04 Å². The number of aryl methyl sites for hydroxylation is 1. The van der Waals surface area contributed by atoms with Gasteiger partial charge >= 0.3 is 0 Å². The number of rotatable bonds is 5. The van der Waals surface area contributed by atoms with Gasteiger partial charge in [0.15, 0.2) is 0 Å². The summed E-state index contributed by atoms with van der Waals surface area (Å²) in [6, 6.07) is 5.56. The molecule has 100 valence electrons. The average molecular weight is 269 g/mol. The summed E-state index contributed by atoms with van der Waals surface area (Å²) in [7, 11) is 0. The van der Waals surface area contributed by atoms with Gasteiger partial charge in [-0.15, -0.1) is 0 Å². The van der Waals surface area contributed by atoms with Crippen molar-refractivity contribution < 1.29 is 4.79 Å². The molecule has 0 saturated heterocycles. The SMILES string of the molecule is CCC(C)NC(=O)C(C)Nc1c(C)cccc1Cl. The number of hydrogen-bond acceptors (Lipinski definition) is 2. The number of amides is 1. The Balaban J connectivity index is 2.70. The van der Waals surface area contributed by atoms with Gasteiger partial charge in [0.05, 0.1) is 10.7 Å². The Kier molecular flexibility index (Phi) is 5.48. The lowest BCUT2D eigenvalue weighted by Gasteiger charge is -2.20. The van der Waals surface area contributed by atoms with Crippen LogP contribution in [0, 0.1) is 6.92 Å². The van der Waals surface area contributed by atoms with Gasteiger partial charge in [0, 0.05) is 6.04 Å². The van der Waals surface area contributed by atoms with Crippen molar-refractivity contribution in [1.29, 1.82) is 0 Å². The van der Waals surface area contributed by atoms with Crippen LogP contribution in [0.3, 0.4) is 0 Å². The van der Waals surface area contributed by atoms with Crippen LogP contribution in [0.5, 0.6) is 0 Å². The molecule has 0 aliphatic heterocycles. The topological polar surface area (TPSA) is 41.1 Å². The number of nitrogens with one attached hydrogen (secondary N) is 2. The lowest BCUT2D eigenvalue weighted by molar-refractivity contribution is -0.122. The van der Waals surface area contributed by atoms with Gasteiger partial charge in [-0.1, -0.05) is 30.7 Å². The van der Waals surface area contributed by atoms with E-state index < -0.39 is 0 Å². The molecular formula is C14H21ClN2O. The first kappa shape index (κ1) is 14.8. The van der Waals surface area contributed by atoms with Crippen LogP contribution in [-0.2, 0) is 4.79 Å². The summed E-state index contributed by atoms with van der Waals surface area (Å²) in [6.07, 6.45) is 0.920. The van der Waals surface area contributed by atoms with Crippen molar-refractivity contribution in [1.82, 2.24) is 5.32 Å². The summed E-state index contributed by atoms with van der Waals surface area (Å²) in [5.41, 5.74) is 1.86. The Morgan fingerprint density at radius 2 is 2.06 bits per heavy atom. The van der Waals surface area contributed by atoms with Gasteiger partial charge < -0.3 is 10.6 Å². The van der Waals surface area contributed by atoms with Crippen LogP contribution in [0.25, 0.3) is 0 Å². The molecule has 1 amide bonds. The maximum Gasteiger partial charge on any atom is 0.242 e. The molecule has 2 atom stereocenters. The third kappa shape index (κ3) is 3.91. The molecule has 0 spiro atoms. The molecule has 0 aromatic heterocycles. The van der Waals surface area contributed by atoms with Crippen LogP contribution in [0.4, 0.5) is 5.69 Å². The van der Waals surface area contributed by atoms with Crippen molar-refractivity contribution in [2.75, 3.05) is 5.32 Å². The van der Waals surface area contributed by atoms with Gasteiger partial charge in [-0.2, -0.15) is 0 Å². The second-order valence-electron chi connectivity index (χ2n) is 4.62. The zero-order chi connectivity index (χ0) is 13.7. The van der Waals surface area contributed by atoms with E-state index in [9.17, 15) is 4.79 Å². The second-order valence-corrected chi connectivity index (χ2v) is 5.02. The molecule has 2 N–H and O–H groups in total. The third-order valence-corrected chi connectivity index (χ3v) is 3.29. The van der Waals surface area contributed by atoms with E-state index in [0.29, 0.717) is 5.02 Å². The van der Waals surface area contributed by atoms with E-state index in [2.05, 4.69) is 10.6 Å². The van der Waals surface area contributed by atoms with Crippen LogP contribution < -0.4 is 10.6 Å². The molecule has 0 aliphatic carbocycles. The van der Waals surface area contributed by atoms with Crippen LogP contribution in [0.15, 0.2) is 18.2 Å². The average Bonchev–Trinajstić information content (AvgIpc) is 2.33. The van der Waals surface area contributed by atoms with E-state index in [1.54, 1.807) is 0 Å². The van der Waals surface area contributed by atoms with Crippen molar-refractivity contribution in [2.45, 2.75) is 46.2 Å². The lowest BCUT2D eigenvalue weighted by atomic mass is 10.1. The maximum atomic E-state index is 11.9. The van der Waals surface area contributed by atoms with Crippen molar-refractivity contribution >= 4 is 23.2 Å². The van der Waals surface area contributed by atoms with Gasteiger partial charge in [0.25, 0.3) is 0 Å². The quantitative estimate of drug-likeness (QED) is 0.860. The van der Waals surface area contributed by atoms with E-state index >= 15 is 0 Å². The largest absolute Gasteiger partial charge is 0.372 e. The number of halogens is 1. The number of carbonyl (C=O) groups is 1. The normalized spacial score (nSPS) is 13.8. The minimum absolute atomic E-state index is 0.0105. The Morgan fingerprint density at radius 3 is 2.61 bits per heavy atom. The second kappa shape index (κ2) is 6.64. The standard InChI is InChI=1S/C14H21ClN2O/c1-5-10(3)16-14(18)11(4)17-13-9(2)7-6-8-12(13)15/h6-8,10-11,17H,5H2,1-4H3,(H,16,18). The Hall–Kier alpha value is -1.22. The molecule has 0 aliphatic rings. The molecule has 3 nitrogen and oxygen atoms in total. The van der Waals surface area contributed by atoms with Crippen molar-refractivity contribution in [3.8, 4) is 0 Å². The number of carbonyl (C=O) groups excluding carboxylic acids is 1. The van der Waals surface area contributed by atoms with Crippen LogP contribution >= 0.6 is 11.6 Å². The molecule has 1 aromatic rings. The minimum Gasteiger partial charge on any atom is -0.372 e. The first-order valence-electron chi connectivity index (χ1n) is 6.27. The molecule has 4 heteroatoms. The molecule has 0 bridgehead atoms. The molecule has 0 heterocycles. The van der Waals surface area contributed by atoms with Crippen molar-refractivity contribution in [2.24, 2.45) is 0 Å². The summed E-state index contributed by atoms with van der Waals surface area (Å²) < 4.78 is 0. The van der Waals surface area contributed by atoms with Crippen molar-refractivity contribution in [3.05, 3.63) is 28.8 Å². The van der Waals surface area contributed by atoms with Gasteiger partial charge in [-0.3, -0.25) is 4.79 Å². The number of hydrogen-bond donors (Lipinski definition) is 2. The first-order valence-corrected chi connectivity index (χ1v) is 6.65. The first-order chi connectivity index (χ1) is 8.45. The smallest absolute Gasteiger partial charge is 0.242 e. The molecule has 2 unspecified atom stereocenters.